The van der Waals surface area contributed by atoms with E-state index in [1.165, 1.54) is 19.4 Å². The number of hydrogen-bond acceptors (Lipinski definition) is 6. The maximum Gasteiger partial charge on any atom is 0.333 e. The Labute approximate surface area is 106 Å². The Balaban J connectivity index is 4.35. The van der Waals surface area contributed by atoms with Gasteiger partial charge in [-0.05, 0) is 25.7 Å². The van der Waals surface area contributed by atoms with Gasteiger partial charge in [-0.25, -0.2) is 4.79 Å². The minimum atomic E-state index is -2.39. The molecule has 0 aliphatic rings. The summed E-state index contributed by atoms with van der Waals surface area (Å²) >= 11 is 5.15. The highest BCUT2D eigenvalue weighted by Crippen LogP contribution is 2.40. The summed E-state index contributed by atoms with van der Waals surface area (Å²) in [5.41, 5.74) is 5.86. The molecule has 0 aliphatic heterocycles. The third-order valence-electron chi connectivity index (χ3n) is 1.30. The minimum Gasteiger partial charge on any atom is -0.466 e. The molecule has 0 rings (SSSR count). The van der Waals surface area contributed by atoms with Gasteiger partial charge in [-0.1, -0.05) is 5.25 Å². The van der Waals surface area contributed by atoms with Crippen LogP contribution < -0.4 is 11.0 Å². The molecule has 8 heteroatoms. The van der Waals surface area contributed by atoms with E-state index in [4.69, 9.17) is 26.9 Å². The van der Waals surface area contributed by atoms with Crippen molar-refractivity contribution in [1.82, 2.24) is 5.25 Å². The number of ether oxygens (including phenoxy) is 1. The van der Waals surface area contributed by atoms with Crippen LogP contribution in [0.2, 0.25) is 0 Å². The van der Waals surface area contributed by atoms with Gasteiger partial charge in [0.1, 0.15) is 12.0 Å². The average molecular weight is 280 g/mol. The molecule has 0 spiro atoms. The summed E-state index contributed by atoms with van der Waals surface area (Å²) in [6.07, 6.45) is 0.131. The third-order valence-corrected chi connectivity index (χ3v) is 2.82. The first-order chi connectivity index (χ1) is 7.76. The van der Waals surface area contributed by atoms with Crippen LogP contribution in [0.4, 0.5) is 0 Å². The van der Waals surface area contributed by atoms with Gasteiger partial charge in [-0.15, -0.1) is 0 Å². The van der Waals surface area contributed by atoms with Crippen molar-refractivity contribution in [3.63, 3.8) is 0 Å². The van der Waals surface area contributed by atoms with Crippen LogP contribution >= 0.6 is 6.42 Å². The highest BCUT2D eigenvalue weighted by atomic mass is 32.4. The number of carbonyl (C=O) groups is 1. The Morgan fingerprint density at radius 2 is 2.06 bits per heavy atom. The van der Waals surface area contributed by atoms with Crippen molar-refractivity contribution in [3.8, 4) is 0 Å². The molecule has 0 fully saturated rings. The van der Waals surface area contributed by atoms with Crippen LogP contribution in [0, 0.1) is 0 Å². The number of nitrogens with two attached hydrogens (primary N) is 1. The summed E-state index contributed by atoms with van der Waals surface area (Å²) in [6.45, 7) is 4.94. The van der Waals surface area contributed by atoms with Crippen molar-refractivity contribution in [3.05, 3.63) is 23.8 Å². The quantitative estimate of drug-likeness (QED) is 0.250. The van der Waals surface area contributed by atoms with Gasteiger partial charge in [0.05, 0.1) is 13.2 Å². The lowest BCUT2D eigenvalue weighted by Crippen LogP contribution is -2.10. The molecule has 1 atom stereocenters. The zero-order valence-electron chi connectivity index (χ0n) is 10.2. The highest BCUT2D eigenvalue weighted by Gasteiger charge is 2.12. The summed E-state index contributed by atoms with van der Waals surface area (Å²) < 4.78 is 9.83. The number of carbonyl (C=O) groups excluding carboxylic acids is 1. The van der Waals surface area contributed by atoms with Crippen LogP contribution in [-0.2, 0) is 30.7 Å². The van der Waals surface area contributed by atoms with E-state index >= 15 is 0 Å². The van der Waals surface area contributed by atoms with Crippen LogP contribution in [0.3, 0.4) is 0 Å². The van der Waals surface area contributed by atoms with Crippen molar-refractivity contribution in [2.24, 2.45) is 5.73 Å². The van der Waals surface area contributed by atoms with Crippen LogP contribution in [-0.4, -0.2) is 19.7 Å². The van der Waals surface area contributed by atoms with Gasteiger partial charge in [-0.3, -0.25) is 0 Å². The lowest BCUT2D eigenvalue weighted by Gasteiger charge is -2.18. The molecule has 0 heterocycles. The van der Waals surface area contributed by atoms with Gasteiger partial charge < -0.3 is 19.8 Å². The van der Waals surface area contributed by atoms with E-state index in [0.717, 1.165) is 0 Å². The van der Waals surface area contributed by atoms with Gasteiger partial charge in [-0.2, -0.15) is 0 Å². The standard InChI is InChI=1S/C9H17N2O4PS/c1-7(10)6-14-11-16(4,17)15-8(2)5-9(12)13-3/h5-6H,10H2,1-4H3,(H,11,17). The van der Waals surface area contributed by atoms with E-state index in [1.807, 2.05) is 0 Å². The molecule has 98 valence electrons. The second-order valence-corrected chi connectivity index (χ2v) is 7.43. The molecule has 0 bridgehead atoms. The Hall–Kier alpha value is -1.04. The number of nitrogens with one attached hydrogen (secondary N) is 1. The third kappa shape index (κ3) is 8.74. The number of hydrogen-bond donors (Lipinski definition) is 2. The predicted molar refractivity (Wildman–Crippen MR) is 69.2 cm³/mol. The van der Waals surface area contributed by atoms with Gasteiger partial charge >= 0.3 is 5.97 Å². The summed E-state index contributed by atoms with van der Waals surface area (Å²) in [5.74, 6) is -0.150. The van der Waals surface area contributed by atoms with Crippen LogP contribution in [0.1, 0.15) is 13.8 Å². The molecule has 0 aliphatic carbocycles. The molecule has 3 N–H and O–H groups in total. The largest absolute Gasteiger partial charge is 0.466 e. The first kappa shape index (κ1) is 16.0. The first-order valence-corrected chi connectivity index (χ1v) is 7.82. The monoisotopic (exact) mass is 280 g/mol. The van der Waals surface area contributed by atoms with Crippen molar-refractivity contribution in [2.75, 3.05) is 13.8 Å². The fraction of sp³-hybridized carbons (Fsp3) is 0.444. The number of esters is 1. The fourth-order valence-corrected chi connectivity index (χ4v) is 2.13. The van der Waals surface area contributed by atoms with Gasteiger partial charge in [0.15, 0.2) is 0 Å². The lowest BCUT2D eigenvalue weighted by atomic mass is 10.5. The van der Waals surface area contributed by atoms with Crippen molar-refractivity contribution in [1.29, 1.82) is 0 Å². The Morgan fingerprint density at radius 1 is 1.47 bits per heavy atom. The van der Waals surface area contributed by atoms with Crippen LogP contribution in [0.25, 0.3) is 0 Å². The molecule has 0 radical (unpaired) electrons. The van der Waals surface area contributed by atoms with Gasteiger partial charge in [0, 0.05) is 12.4 Å². The Kier molecular flexibility index (Phi) is 6.87. The first-order valence-electron chi connectivity index (χ1n) is 4.65. The zero-order valence-corrected chi connectivity index (χ0v) is 11.9. The number of methoxy groups -OCH3 is 1. The minimum absolute atomic E-state index is 0.354. The highest BCUT2D eigenvalue weighted by molar-refractivity contribution is 8.10. The van der Waals surface area contributed by atoms with E-state index in [1.54, 1.807) is 20.5 Å². The van der Waals surface area contributed by atoms with E-state index in [0.29, 0.717) is 11.5 Å². The maximum absolute atomic E-state index is 10.9. The summed E-state index contributed by atoms with van der Waals surface area (Å²) in [6, 6.07) is 0. The number of rotatable bonds is 6. The van der Waals surface area contributed by atoms with Crippen LogP contribution in [0.15, 0.2) is 23.8 Å². The molecule has 0 saturated heterocycles. The fourth-order valence-electron chi connectivity index (χ4n) is 0.760. The van der Waals surface area contributed by atoms with Crippen LogP contribution in [0.5, 0.6) is 0 Å². The predicted octanol–water partition coefficient (Wildman–Crippen LogP) is 1.36. The van der Waals surface area contributed by atoms with E-state index in [2.05, 4.69) is 9.99 Å². The molecule has 6 nitrogen and oxygen atoms in total. The van der Waals surface area contributed by atoms with E-state index in [-0.39, 0.29) is 0 Å². The molecule has 0 aromatic heterocycles. The molecule has 0 saturated carbocycles. The van der Waals surface area contributed by atoms with Crippen molar-refractivity contribution in [2.45, 2.75) is 13.8 Å². The summed E-state index contributed by atoms with van der Waals surface area (Å²) in [4.78, 5) is 15.9. The lowest BCUT2D eigenvalue weighted by molar-refractivity contribution is -0.135. The maximum atomic E-state index is 10.9. The van der Waals surface area contributed by atoms with E-state index in [9.17, 15) is 4.79 Å². The SMILES string of the molecule is COC(=O)C=C(C)OP(C)(=S)NOC=C(C)N. The second kappa shape index (κ2) is 7.32. The molecule has 0 aromatic carbocycles. The van der Waals surface area contributed by atoms with Crippen molar-refractivity contribution < 1.29 is 18.9 Å². The number of allylic oxidation sites excluding steroid dienone is 2. The Morgan fingerprint density at radius 3 is 2.53 bits per heavy atom. The molecule has 0 aromatic rings. The topological polar surface area (TPSA) is 82.8 Å². The molecular formula is C9H17N2O4PS. The molecular weight excluding hydrogens is 263 g/mol. The summed E-state index contributed by atoms with van der Waals surface area (Å²) in [7, 11) is 1.28. The smallest absolute Gasteiger partial charge is 0.333 e. The molecule has 0 amide bonds. The molecule has 1 unspecified atom stereocenters. The van der Waals surface area contributed by atoms with Gasteiger partial charge in [0.2, 0.25) is 6.42 Å². The zero-order chi connectivity index (χ0) is 13.5. The summed E-state index contributed by atoms with van der Waals surface area (Å²) in [5, 5.41) is 2.57. The average Bonchev–Trinajstić information content (AvgIpc) is 2.15. The Bertz CT molecular complexity index is 377. The second-order valence-electron chi connectivity index (χ2n) is 3.29. The van der Waals surface area contributed by atoms with Gasteiger partial charge in [0.25, 0.3) is 0 Å². The normalized spacial score (nSPS) is 16.0. The molecule has 17 heavy (non-hydrogen) atoms. The van der Waals surface area contributed by atoms with Crippen molar-refractivity contribution >= 4 is 24.2 Å². The van der Waals surface area contributed by atoms with E-state index < -0.39 is 12.4 Å².